The molecule has 5 heteroatoms. The lowest BCUT2D eigenvalue weighted by Crippen LogP contribution is -2.30. The number of rotatable bonds is 2. The van der Waals surface area contributed by atoms with Gasteiger partial charge in [0.05, 0.1) is 11.5 Å². The maximum atomic E-state index is 11.7. The molecule has 1 N–H and O–H groups in total. The predicted octanol–water partition coefficient (Wildman–Crippen LogP) is 2.79. The summed E-state index contributed by atoms with van der Waals surface area (Å²) in [5, 5.41) is 3.16. The molecule has 17 heavy (non-hydrogen) atoms. The van der Waals surface area contributed by atoms with Crippen molar-refractivity contribution in [3.05, 3.63) is 35.2 Å². The van der Waals surface area contributed by atoms with Crippen LogP contribution in [0.15, 0.2) is 30.3 Å². The lowest BCUT2D eigenvalue weighted by atomic mass is 10.2. The van der Waals surface area contributed by atoms with Crippen LogP contribution >= 0.6 is 11.3 Å². The second-order valence-electron chi connectivity index (χ2n) is 3.32. The summed E-state index contributed by atoms with van der Waals surface area (Å²) in [6, 6.07) is 9.43. The first-order valence-corrected chi connectivity index (χ1v) is 5.99. The van der Waals surface area contributed by atoms with Crippen LogP contribution < -0.4 is 5.32 Å². The van der Waals surface area contributed by atoms with Gasteiger partial charge in [-0.2, -0.15) is 0 Å². The fourth-order valence-corrected chi connectivity index (χ4v) is 2.37. The lowest BCUT2D eigenvalue weighted by molar-refractivity contribution is 0.0929. The summed E-state index contributed by atoms with van der Waals surface area (Å²) in [4.78, 5) is 23.3. The summed E-state index contributed by atoms with van der Waals surface area (Å²) in [6.45, 7) is 1.93. The van der Waals surface area contributed by atoms with E-state index in [-0.39, 0.29) is 6.61 Å². The van der Waals surface area contributed by atoms with Crippen molar-refractivity contribution in [2.75, 3.05) is 6.61 Å². The van der Waals surface area contributed by atoms with E-state index in [9.17, 15) is 9.59 Å². The molecular formula is C12H11NO3S. The number of imide groups is 1. The van der Waals surface area contributed by atoms with E-state index in [1.54, 1.807) is 13.0 Å². The molecule has 0 unspecified atom stereocenters. The Bertz CT molecular complexity index is 529. The van der Waals surface area contributed by atoms with Crippen LogP contribution in [-0.4, -0.2) is 18.6 Å². The van der Waals surface area contributed by atoms with Crippen LogP contribution in [0.1, 0.15) is 16.6 Å². The van der Waals surface area contributed by atoms with E-state index in [4.69, 9.17) is 0 Å². The van der Waals surface area contributed by atoms with E-state index in [1.807, 2.05) is 24.3 Å². The molecule has 0 fully saturated rings. The van der Waals surface area contributed by atoms with Gasteiger partial charge in [-0.25, -0.2) is 4.79 Å². The van der Waals surface area contributed by atoms with Gasteiger partial charge in [-0.05, 0) is 24.4 Å². The van der Waals surface area contributed by atoms with Crippen LogP contribution in [0, 0.1) is 0 Å². The zero-order valence-corrected chi connectivity index (χ0v) is 10.0. The number of carbonyl (C=O) groups excluding carboxylic acids is 2. The normalized spacial score (nSPS) is 10.2. The van der Waals surface area contributed by atoms with Crippen LogP contribution in [0.4, 0.5) is 4.79 Å². The van der Waals surface area contributed by atoms with Gasteiger partial charge in [0.15, 0.2) is 0 Å². The van der Waals surface area contributed by atoms with E-state index in [0.29, 0.717) is 4.88 Å². The fraction of sp³-hybridized carbons (Fsp3) is 0.167. The molecule has 1 aromatic carbocycles. The Morgan fingerprint density at radius 2 is 2.12 bits per heavy atom. The van der Waals surface area contributed by atoms with Crippen LogP contribution in [0.25, 0.3) is 10.1 Å². The van der Waals surface area contributed by atoms with Crippen molar-refractivity contribution in [3.63, 3.8) is 0 Å². The van der Waals surface area contributed by atoms with Gasteiger partial charge in [-0.3, -0.25) is 10.1 Å². The van der Waals surface area contributed by atoms with Crippen molar-refractivity contribution < 1.29 is 14.3 Å². The van der Waals surface area contributed by atoms with E-state index < -0.39 is 12.0 Å². The summed E-state index contributed by atoms with van der Waals surface area (Å²) in [7, 11) is 0. The third-order valence-electron chi connectivity index (χ3n) is 2.14. The number of hydrogen-bond donors (Lipinski definition) is 1. The molecule has 1 heterocycles. The Kier molecular flexibility index (Phi) is 3.39. The summed E-state index contributed by atoms with van der Waals surface area (Å²) < 4.78 is 5.66. The minimum absolute atomic E-state index is 0.242. The molecule has 4 nitrogen and oxygen atoms in total. The van der Waals surface area contributed by atoms with Gasteiger partial charge in [0.1, 0.15) is 0 Å². The highest BCUT2D eigenvalue weighted by molar-refractivity contribution is 7.20. The zero-order valence-electron chi connectivity index (χ0n) is 9.23. The minimum atomic E-state index is -0.713. The van der Waals surface area contributed by atoms with Crippen molar-refractivity contribution in [2.45, 2.75) is 6.92 Å². The Balaban J connectivity index is 2.16. The van der Waals surface area contributed by atoms with Gasteiger partial charge in [-0.15, -0.1) is 11.3 Å². The molecule has 0 radical (unpaired) electrons. The minimum Gasteiger partial charge on any atom is -0.450 e. The standard InChI is InChI=1S/C12H11NO3S/c1-2-16-12(15)13-11(14)10-7-8-5-3-4-6-9(8)17-10/h3-7H,2H2,1H3,(H,13,14,15). The number of amides is 2. The van der Waals surface area contributed by atoms with Gasteiger partial charge in [0.2, 0.25) is 0 Å². The average molecular weight is 249 g/mol. The molecule has 2 aromatic rings. The maximum absolute atomic E-state index is 11.7. The Labute approximate surface area is 102 Å². The largest absolute Gasteiger partial charge is 0.450 e. The highest BCUT2D eigenvalue weighted by atomic mass is 32.1. The van der Waals surface area contributed by atoms with E-state index >= 15 is 0 Å². The zero-order chi connectivity index (χ0) is 12.3. The van der Waals surface area contributed by atoms with Crippen molar-refractivity contribution in [2.24, 2.45) is 0 Å². The molecule has 0 spiro atoms. The number of hydrogen-bond acceptors (Lipinski definition) is 4. The first-order valence-electron chi connectivity index (χ1n) is 5.17. The number of carbonyl (C=O) groups is 2. The summed E-state index contributed by atoms with van der Waals surface area (Å²) in [5.41, 5.74) is 0. The van der Waals surface area contributed by atoms with E-state index in [1.165, 1.54) is 11.3 Å². The second kappa shape index (κ2) is 4.97. The van der Waals surface area contributed by atoms with Crippen molar-refractivity contribution >= 4 is 33.4 Å². The van der Waals surface area contributed by atoms with Crippen molar-refractivity contribution in [3.8, 4) is 0 Å². The third-order valence-corrected chi connectivity index (χ3v) is 3.26. The molecular weight excluding hydrogens is 238 g/mol. The Morgan fingerprint density at radius 1 is 1.35 bits per heavy atom. The molecule has 0 atom stereocenters. The van der Waals surface area contributed by atoms with Crippen LogP contribution in [0.3, 0.4) is 0 Å². The first-order chi connectivity index (χ1) is 8.20. The maximum Gasteiger partial charge on any atom is 0.414 e. The molecule has 0 aliphatic rings. The van der Waals surface area contributed by atoms with E-state index in [2.05, 4.69) is 10.1 Å². The van der Waals surface area contributed by atoms with Crippen molar-refractivity contribution in [1.82, 2.24) is 5.32 Å². The molecule has 88 valence electrons. The van der Waals surface area contributed by atoms with Gasteiger partial charge in [0.25, 0.3) is 5.91 Å². The van der Waals surface area contributed by atoms with Gasteiger partial charge >= 0.3 is 6.09 Å². The SMILES string of the molecule is CCOC(=O)NC(=O)c1cc2ccccc2s1. The number of ether oxygens (including phenoxy) is 1. The molecule has 2 amide bonds. The third kappa shape index (κ3) is 2.62. The van der Waals surface area contributed by atoms with Gasteiger partial charge in [-0.1, -0.05) is 18.2 Å². The molecule has 2 rings (SSSR count). The fourth-order valence-electron chi connectivity index (χ4n) is 1.42. The summed E-state index contributed by atoms with van der Waals surface area (Å²) in [6.07, 6.45) is -0.713. The molecule has 0 saturated carbocycles. The highest BCUT2D eigenvalue weighted by Crippen LogP contribution is 2.24. The van der Waals surface area contributed by atoms with Crippen LogP contribution in [0.5, 0.6) is 0 Å². The quantitative estimate of drug-likeness (QED) is 0.890. The van der Waals surface area contributed by atoms with Crippen LogP contribution in [-0.2, 0) is 4.74 Å². The van der Waals surface area contributed by atoms with Crippen LogP contribution in [0.2, 0.25) is 0 Å². The second-order valence-corrected chi connectivity index (χ2v) is 4.41. The van der Waals surface area contributed by atoms with Gasteiger partial charge in [0, 0.05) is 4.70 Å². The van der Waals surface area contributed by atoms with Gasteiger partial charge < -0.3 is 4.74 Å². The molecule has 1 aromatic heterocycles. The van der Waals surface area contributed by atoms with Crippen molar-refractivity contribution in [1.29, 1.82) is 0 Å². The number of benzene rings is 1. The topological polar surface area (TPSA) is 55.4 Å². The monoisotopic (exact) mass is 249 g/mol. The predicted molar refractivity (Wildman–Crippen MR) is 66.3 cm³/mol. The van der Waals surface area contributed by atoms with E-state index in [0.717, 1.165) is 10.1 Å². The Hall–Kier alpha value is -1.88. The number of alkyl carbamates (subject to hydrolysis) is 1. The number of nitrogens with one attached hydrogen (secondary N) is 1. The lowest BCUT2D eigenvalue weighted by Gasteiger charge is -2.01. The highest BCUT2D eigenvalue weighted by Gasteiger charge is 2.13. The first kappa shape index (κ1) is 11.6. The summed E-state index contributed by atoms with van der Waals surface area (Å²) in [5.74, 6) is -0.426. The molecule has 0 bridgehead atoms. The summed E-state index contributed by atoms with van der Waals surface area (Å²) >= 11 is 1.35. The average Bonchev–Trinajstić information content (AvgIpc) is 2.72. The number of thiophene rings is 1. The number of fused-ring (bicyclic) bond motifs is 1. The molecule has 0 saturated heterocycles. The molecule has 0 aliphatic carbocycles. The smallest absolute Gasteiger partial charge is 0.414 e. The Morgan fingerprint density at radius 3 is 2.82 bits per heavy atom. The molecule has 0 aliphatic heterocycles.